The summed E-state index contributed by atoms with van der Waals surface area (Å²) in [7, 11) is -3.88. The summed E-state index contributed by atoms with van der Waals surface area (Å²) in [5.41, 5.74) is 1.11. The summed E-state index contributed by atoms with van der Waals surface area (Å²) in [5.74, 6) is 0.117. The molecule has 30 heavy (non-hydrogen) atoms. The third kappa shape index (κ3) is 4.31. The predicted molar refractivity (Wildman–Crippen MR) is 109 cm³/mol. The molecule has 1 amide bonds. The van der Waals surface area contributed by atoms with Crippen molar-refractivity contribution in [3.8, 4) is 11.5 Å². The van der Waals surface area contributed by atoms with Crippen molar-refractivity contribution in [2.45, 2.75) is 4.90 Å². The highest BCUT2D eigenvalue weighted by Crippen LogP contribution is 2.20. The molecule has 3 heterocycles. The Morgan fingerprint density at radius 2 is 1.87 bits per heavy atom. The van der Waals surface area contributed by atoms with E-state index < -0.39 is 15.9 Å². The summed E-state index contributed by atoms with van der Waals surface area (Å²) < 4.78 is 32.4. The van der Waals surface area contributed by atoms with Gasteiger partial charge in [-0.3, -0.25) is 14.6 Å². The van der Waals surface area contributed by atoms with E-state index in [9.17, 15) is 13.2 Å². The van der Waals surface area contributed by atoms with Crippen LogP contribution in [0.1, 0.15) is 10.5 Å². The Labute approximate surface area is 175 Å². The number of benzene rings is 1. The number of H-pyrrole nitrogens is 1. The molecule has 0 atom stereocenters. The first-order valence-corrected chi connectivity index (χ1v) is 10.3. The summed E-state index contributed by atoms with van der Waals surface area (Å²) in [5, 5.41) is 16.7. The number of carbonyl (C=O) groups excluding carboxylic acids is 1. The number of halogens is 1. The Morgan fingerprint density at radius 3 is 2.53 bits per heavy atom. The number of nitrogens with one attached hydrogen (secondary N) is 3. The van der Waals surface area contributed by atoms with E-state index in [1.165, 1.54) is 42.7 Å². The van der Waals surface area contributed by atoms with Crippen LogP contribution in [0, 0.1) is 0 Å². The third-order valence-electron chi connectivity index (χ3n) is 3.89. The van der Waals surface area contributed by atoms with Crippen LogP contribution in [0.5, 0.6) is 0 Å². The van der Waals surface area contributed by atoms with Crippen molar-refractivity contribution >= 4 is 39.0 Å². The minimum Gasteiger partial charge on any atom is -0.463 e. The topological polar surface area (TPSA) is 143 Å². The molecule has 0 saturated carbocycles. The molecule has 152 valence electrons. The number of carbonyl (C=O) groups is 1. The van der Waals surface area contributed by atoms with Crippen LogP contribution in [0.4, 0.5) is 11.5 Å². The minimum atomic E-state index is -3.88. The van der Waals surface area contributed by atoms with Crippen LogP contribution in [-0.4, -0.2) is 34.7 Å². The van der Waals surface area contributed by atoms with Gasteiger partial charge in [-0.1, -0.05) is 11.6 Å². The first-order chi connectivity index (χ1) is 14.4. The third-order valence-corrected chi connectivity index (χ3v) is 5.46. The average Bonchev–Trinajstić information content (AvgIpc) is 3.42. The molecule has 0 unspecified atom stereocenters. The van der Waals surface area contributed by atoms with E-state index >= 15 is 0 Å². The van der Waals surface area contributed by atoms with Crippen LogP contribution in [0.2, 0.25) is 5.15 Å². The molecule has 1 aromatic carbocycles. The summed E-state index contributed by atoms with van der Waals surface area (Å²) in [6.07, 6.45) is 1.51. The summed E-state index contributed by atoms with van der Waals surface area (Å²) in [6.45, 7) is 0. The van der Waals surface area contributed by atoms with E-state index in [4.69, 9.17) is 16.0 Å². The van der Waals surface area contributed by atoms with Crippen LogP contribution in [0.15, 0.2) is 70.2 Å². The lowest BCUT2D eigenvalue weighted by molar-refractivity contribution is 0.102. The van der Waals surface area contributed by atoms with Crippen molar-refractivity contribution < 1.29 is 17.6 Å². The van der Waals surface area contributed by atoms with Gasteiger partial charge < -0.3 is 9.73 Å². The second kappa shape index (κ2) is 7.97. The van der Waals surface area contributed by atoms with Crippen LogP contribution in [0.25, 0.3) is 11.5 Å². The lowest BCUT2D eigenvalue weighted by Crippen LogP contribution is -2.15. The zero-order valence-corrected chi connectivity index (χ0v) is 16.6. The van der Waals surface area contributed by atoms with E-state index in [1.807, 2.05) is 0 Å². The van der Waals surface area contributed by atoms with Crippen LogP contribution in [-0.2, 0) is 10.0 Å². The molecular formula is C18H13ClN6O4S. The largest absolute Gasteiger partial charge is 0.463 e. The normalized spacial score (nSPS) is 11.2. The summed E-state index contributed by atoms with van der Waals surface area (Å²) >= 11 is 5.63. The Morgan fingerprint density at radius 1 is 1.07 bits per heavy atom. The Kier molecular flexibility index (Phi) is 5.21. The zero-order chi connectivity index (χ0) is 21.1. The van der Waals surface area contributed by atoms with Gasteiger partial charge in [0.1, 0.15) is 5.69 Å². The lowest BCUT2D eigenvalue weighted by Gasteiger charge is -2.08. The molecule has 0 aliphatic carbocycles. The number of hydrogen-bond donors (Lipinski definition) is 3. The molecule has 4 aromatic rings. The van der Waals surface area contributed by atoms with Gasteiger partial charge in [0.2, 0.25) is 0 Å². The molecule has 0 aliphatic heterocycles. The van der Waals surface area contributed by atoms with Crippen molar-refractivity contribution in [3.05, 3.63) is 71.7 Å². The number of sulfonamides is 1. The van der Waals surface area contributed by atoms with Gasteiger partial charge in [-0.2, -0.15) is 5.10 Å². The fourth-order valence-corrected chi connectivity index (χ4v) is 3.57. The van der Waals surface area contributed by atoms with Crippen molar-refractivity contribution in [1.29, 1.82) is 0 Å². The van der Waals surface area contributed by atoms with Gasteiger partial charge in [-0.05, 0) is 48.5 Å². The molecule has 3 aromatic heterocycles. The first kappa shape index (κ1) is 19.6. The molecule has 12 heteroatoms. The molecule has 0 spiro atoms. The molecular weight excluding hydrogens is 432 g/mol. The molecule has 0 radical (unpaired) electrons. The predicted octanol–water partition coefficient (Wildman–Crippen LogP) is 3.17. The minimum absolute atomic E-state index is 0.0166. The summed E-state index contributed by atoms with van der Waals surface area (Å²) in [4.78, 5) is 12.4. The molecule has 4 rings (SSSR count). The van der Waals surface area contributed by atoms with Crippen molar-refractivity contribution in [1.82, 2.24) is 20.4 Å². The number of rotatable bonds is 6. The maximum Gasteiger partial charge on any atom is 0.276 e. The number of aromatic amines is 1. The number of nitrogens with zero attached hydrogens (tertiary/aromatic N) is 3. The smallest absolute Gasteiger partial charge is 0.276 e. The van der Waals surface area contributed by atoms with Gasteiger partial charge in [0.05, 0.1) is 11.2 Å². The number of hydrogen-bond acceptors (Lipinski definition) is 7. The second-order valence-electron chi connectivity index (χ2n) is 5.97. The number of aromatic nitrogens is 4. The Hall–Kier alpha value is -3.70. The van der Waals surface area contributed by atoms with E-state index in [0.717, 1.165) is 0 Å². The van der Waals surface area contributed by atoms with E-state index in [-0.39, 0.29) is 21.6 Å². The standard InChI is InChI=1S/C18H13ClN6O4S/c19-16-7-8-17(24-23-16)25-30(27,28)12-5-3-11(4-6-12)20-18(26)14-10-13(21-22-14)15-2-1-9-29-15/h1-10H,(H,20,26)(H,21,22)(H,24,25). The fraction of sp³-hybridized carbons (Fsp3) is 0. The lowest BCUT2D eigenvalue weighted by atomic mass is 10.2. The van der Waals surface area contributed by atoms with E-state index in [2.05, 4.69) is 30.4 Å². The van der Waals surface area contributed by atoms with E-state index in [0.29, 0.717) is 17.1 Å². The van der Waals surface area contributed by atoms with Crippen LogP contribution in [0.3, 0.4) is 0 Å². The fourth-order valence-electron chi connectivity index (χ4n) is 2.48. The van der Waals surface area contributed by atoms with Crippen molar-refractivity contribution in [3.63, 3.8) is 0 Å². The Balaban J connectivity index is 1.44. The molecule has 0 saturated heterocycles. The molecule has 0 aliphatic rings. The number of anilines is 2. The monoisotopic (exact) mass is 444 g/mol. The molecule has 0 bridgehead atoms. The zero-order valence-electron chi connectivity index (χ0n) is 15.0. The maximum absolute atomic E-state index is 12.4. The van der Waals surface area contributed by atoms with Crippen LogP contribution < -0.4 is 10.0 Å². The highest BCUT2D eigenvalue weighted by Gasteiger charge is 2.16. The molecule has 10 nitrogen and oxygen atoms in total. The van der Waals surface area contributed by atoms with Gasteiger partial charge in [0.15, 0.2) is 22.4 Å². The highest BCUT2D eigenvalue weighted by molar-refractivity contribution is 7.92. The number of amides is 1. The first-order valence-electron chi connectivity index (χ1n) is 8.43. The van der Waals surface area contributed by atoms with Crippen LogP contribution >= 0.6 is 11.6 Å². The molecule has 3 N–H and O–H groups in total. The highest BCUT2D eigenvalue weighted by atomic mass is 35.5. The van der Waals surface area contributed by atoms with Crippen molar-refractivity contribution in [2.24, 2.45) is 0 Å². The van der Waals surface area contributed by atoms with E-state index in [1.54, 1.807) is 18.2 Å². The SMILES string of the molecule is O=C(Nc1ccc(S(=O)(=O)Nc2ccc(Cl)nn2)cc1)c1cc(-c2ccco2)[nH]n1. The average molecular weight is 445 g/mol. The van der Waals surface area contributed by atoms with Crippen molar-refractivity contribution in [2.75, 3.05) is 10.0 Å². The van der Waals surface area contributed by atoms with Gasteiger partial charge >= 0.3 is 0 Å². The molecule has 0 fully saturated rings. The summed E-state index contributed by atoms with van der Waals surface area (Å²) in [6, 6.07) is 13.4. The van der Waals surface area contributed by atoms with Gasteiger partial charge in [-0.25, -0.2) is 8.42 Å². The van der Waals surface area contributed by atoms with Gasteiger partial charge in [-0.15, -0.1) is 10.2 Å². The Bertz CT molecular complexity index is 1270. The number of furan rings is 1. The maximum atomic E-state index is 12.4. The quantitative estimate of drug-likeness (QED) is 0.414. The van der Waals surface area contributed by atoms with Gasteiger partial charge in [0, 0.05) is 11.8 Å². The van der Waals surface area contributed by atoms with Gasteiger partial charge in [0.25, 0.3) is 15.9 Å². The second-order valence-corrected chi connectivity index (χ2v) is 8.04.